The minimum Gasteiger partial charge on any atom is -0.465 e. The van der Waals surface area contributed by atoms with Crippen molar-refractivity contribution in [1.82, 2.24) is 10.9 Å². The lowest BCUT2D eigenvalue weighted by Crippen LogP contribution is -2.36. The molecule has 3 rings (SSSR count). The molecule has 0 radical (unpaired) electrons. The van der Waals surface area contributed by atoms with E-state index in [1.54, 1.807) is 0 Å². The molecule has 2 aliphatic rings. The van der Waals surface area contributed by atoms with Gasteiger partial charge in [0.25, 0.3) is 0 Å². The van der Waals surface area contributed by atoms with E-state index < -0.39 is 0 Å². The standard InChI is InChI=1S/C17H23N3O3/c1-10-6-11(2)14(17(21)22-3)8-13(10)16-18-15(19-20-16)7-12-4-5-23-9-12/h6,8,12,15,19H,4-5,7,9H2,1-3H3,(H,18,20). The Hall–Kier alpha value is -1.92. The molecule has 2 atom stereocenters. The summed E-state index contributed by atoms with van der Waals surface area (Å²) < 4.78 is 10.3. The van der Waals surface area contributed by atoms with Crippen LogP contribution in [0, 0.1) is 19.8 Å². The minimum absolute atomic E-state index is 0.0407. The predicted octanol–water partition coefficient (Wildman–Crippen LogP) is 1.70. The van der Waals surface area contributed by atoms with E-state index in [9.17, 15) is 4.79 Å². The van der Waals surface area contributed by atoms with Crippen molar-refractivity contribution in [2.24, 2.45) is 10.9 Å². The molecule has 0 aromatic heterocycles. The molecule has 2 aliphatic heterocycles. The van der Waals surface area contributed by atoms with E-state index in [1.165, 1.54) is 7.11 Å². The number of methoxy groups -OCH3 is 1. The number of amidine groups is 1. The molecule has 1 fully saturated rings. The van der Waals surface area contributed by atoms with E-state index in [-0.39, 0.29) is 12.1 Å². The minimum atomic E-state index is -0.324. The zero-order chi connectivity index (χ0) is 16.4. The van der Waals surface area contributed by atoms with Gasteiger partial charge in [-0.15, -0.1) is 0 Å². The molecule has 6 heteroatoms. The molecule has 2 unspecified atom stereocenters. The number of carbonyl (C=O) groups is 1. The summed E-state index contributed by atoms with van der Waals surface area (Å²) in [5, 5.41) is 0. The number of nitrogens with one attached hydrogen (secondary N) is 2. The molecule has 2 N–H and O–H groups in total. The molecule has 1 saturated heterocycles. The number of nitrogens with zero attached hydrogens (tertiary/aromatic N) is 1. The first-order chi connectivity index (χ1) is 11.1. The summed E-state index contributed by atoms with van der Waals surface area (Å²) in [7, 11) is 1.40. The van der Waals surface area contributed by atoms with Gasteiger partial charge in [-0.05, 0) is 49.8 Å². The first-order valence-corrected chi connectivity index (χ1v) is 7.95. The van der Waals surface area contributed by atoms with Crippen molar-refractivity contribution in [1.29, 1.82) is 0 Å². The molecule has 1 aromatic carbocycles. The average molecular weight is 317 g/mol. The highest BCUT2D eigenvalue weighted by Gasteiger charge is 2.25. The molecule has 6 nitrogen and oxygen atoms in total. The molecule has 124 valence electrons. The van der Waals surface area contributed by atoms with Crippen molar-refractivity contribution in [3.8, 4) is 0 Å². The highest BCUT2D eigenvalue weighted by atomic mass is 16.5. The van der Waals surface area contributed by atoms with Crippen molar-refractivity contribution in [2.75, 3.05) is 20.3 Å². The van der Waals surface area contributed by atoms with E-state index in [0.29, 0.717) is 11.5 Å². The van der Waals surface area contributed by atoms with Gasteiger partial charge >= 0.3 is 5.97 Å². The summed E-state index contributed by atoms with van der Waals surface area (Å²) in [4.78, 5) is 16.6. The van der Waals surface area contributed by atoms with Gasteiger partial charge in [0.05, 0.1) is 12.7 Å². The smallest absolute Gasteiger partial charge is 0.338 e. The summed E-state index contributed by atoms with van der Waals surface area (Å²) in [6.45, 7) is 5.60. The molecular weight excluding hydrogens is 294 g/mol. The van der Waals surface area contributed by atoms with Gasteiger partial charge in [-0.25, -0.2) is 15.2 Å². The molecule has 0 saturated carbocycles. The second kappa shape index (κ2) is 6.68. The molecule has 2 heterocycles. The zero-order valence-corrected chi connectivity index (χ0v) is 13.8. The van der Waals surface area contributed by atoms with Crippen molar-refractivity contribution in [3.63, 3.8) is 0 Å². The SMILES string of the molecule is COC(=O)c1cc(C2=NC(CC3CCOC3)NN2)c(C)cc1C. The van der Waals surface area contributed by atoms with Gasteiger partial charge in [-0.2, -0.15) is 0 Å². The van der Waals surface area contributed by atoms with Crippen molar-refractivity contribution in [3.05, 3.63) is 34.4 Å². The second-order valence-electron chi connectivity index (χ2n) is 6.20. The number of hydrogen-bond acceptors (Lipinski definition) is 6. The van der Waals surface area contributed by atoms with E-state index in [0.717, 1.165) is 48.6 Å². The number of aryl methyl sites for hydroxylation is 2. The monoisotopic (exact) mass is 317 g/mol. The largest absolute Gasteiger partial charge is 0.465 e. The summed E-state index contributed by atoms with van der Waals surface area (Å²) >= 11 is 0. The van der Waals surface area contributed by atoms with Gasteiger partial charge in [0.1, 0.15) is 12.0 Å². The van der Waals surface area contributed by atoms with Crippen LogP contribution >= 0.6 is 0 Å². The summed E-state index contributed by atoms with van der Waals surface area (Å²) in [5.41, 5.74) is 9.84. The third-order valence-electron chi connectivity index (χ3n) is 4.45. The van der Waals surface area contributed by atoms with Gasteiger partial charge in [0.2, 0.25) is 0 Å². The van der Waals surface area contributed by atoms with Crippen LogP contribution in [0.5, 0.6) is 0 Å². The Bertz CT molecular complexity index is 636. The molecule has 23 heavy (non-hydrogen) atoms. The molecule has 0 amide bonds. The lowest BCUT2D eigenvalue weighted by molar-refractivity contribution is 0.0600. The Morgan fingerprint density at radius 2 is 2.22 bits per heavy atom. The molecule has 0 bridgehead atoms. The highest BCUT2D eigenvalue weighted by molar-refractivity contribution is 6.03. The Kier molecular flexibility index (Phi) is 4.63. The van der Waals surface area contributed by atoms with E-state index >= 15 is 0 Å². The molecule has 1 aromatic rings. The maximum atomic E-state index is 11.9. The first-order valence-electron chi connectivity index (χ1n) is 7.95. The molecule has 0 spiro atoms. The number of benzene rings is 1. The highest BCUT2D eigenvalue weighted by Crippen LogP contribution is 2.22. The second-order valence-corrected chi connectivity index (χ2v) is 6.20. The van der Waals surface area contributed by atoms with E-state index in [2.05, 4.69) is 10.9 Å². The maximum Gasteiger partial charge on any atom is 0.338 e. The Balaban J connectivity index is 1.82. The number of hydrogen-bond donors (Lipinski definition) is 2. The summed E-state index contributed by atoms with van der Waals surface area (Å²) in [6.07, 6.45) is 2.09. The van der Waals surface area contributed by atoms with Crippen LogP contribution in [0.3, 0.4) is 0 Å². The van der Waals surface area contributed by atoms with Gasteiger partial charge < -0.3 is 14.9 Å². The van der Waals surface area contributed by atoms with Gasteiger partial charge in [0, 0.05) is 18.8 Å². The third kappa shape index (κ3) is 3.38. The zero-order valence-electron chi connectivity index (χ0n) is 13.8. The van der Waals surface area contributed by atoms with E-state index in [4.69, 9.17) is 14.5 Å². The van der Waals surface area contributed by atoms with E-state index in [1.807, 2.05) is 26.0 Å². The van der Waals surface area contributed by atoms with Crippen LogP contribution in [0.2, 0.25) is 0 Å². The average Bonchev–Trinajstić information content (AvgIpc) is 3.19. The number of rotatable bonds is 4. The topological polar surface area (TPSA) is 72.0 Å². The predicted molar refractivity (Wildman–Crippen MR) is 87.4 cm³/mol. The number of hydrazine groups is 1. The van der Waals surface area contributed by atoms with Gasteiger partial charge in [-0.3, -0.25) is 0 Å². The first kappa shape index (κ1) is 16.0. The lowest BCUT2D eigenvalue weighted by Gasteiger charge is -2.11. The fraction of sp³-hybridized carbons (Fsp3) is 0.529. The molecular formula is C17H23N3O3. The fourth-order valence-corrected chi connectivity index (χ4v) is 3.14. The number of ether oxygens (including phenoxy) is 2. The van der Waals surface area contributed by atoms with Gasteiger partial charge in [0.15, 0.2) is 0 Å². The normalized spacial score (nSPS) is 23.5. The van der Waals surface area contributed by atoms with Crippen LogP contribution in [0.15, 0.2) is 17.1 Å². The quantitative estimate of drug-likeness (QED) is 0.827. The van der Waals surface area contributed by atoms with Crippen LogP contribution in [0.1, 0.15) is 39.9 Å². The fourth-order valence-electron chi connectivity index (χ4n) is 3.14. The number of aliphatic imine (C=N–C) groups is 1. The lowest BCUT2D eigenvalue weighted by atomic mass is 9.99. The Labute approximate surface area is 136 Å². The van der Waals surface area contributed by atoms with Crippen LogP contribution in [-0.2, 0) is 9.47 Å². The van der Waals surface area contributed by atoms with Crippen molar-refractivity contribution < 1.29 is 14.3 Å². The number of esters is 1. The summed E-state index contributed by atoms with van der Waals surface area (Å²) in [6, 6.07) is 3.84. The third-order valence-corrected chi connectivity index (χ3v) is 4.45. The maximum absolute atomic E-state index is 11.9. The van der Waals surface area contributed by atoms with Crippen LogP contribution in [0.4, 0.5) is 0 Å². The van der Waals surface area contributed by atoms with Crippen LogP contribution in [-0.4, -0.2) is 38.3 Å². The van der Waals surface area contributed by atoms with Gasteiger partial charge in [-0.1, -0.05) is 6.07 Å². The van der Waals surface area contributed by atoms with Crippen LogP contribution in [0.25, 0.3) is 0 Å². The summed E-state index contributed by atoms with van der Waals surface area (Å²) in [5.74, 6) is 1.01. The number of carbonyl (C=O) groups excluding carboxylic acids is 1. The van der Waals surface area contributed by atoms with Crippen molar-refractivity contribution in [2.45, 2.75) is 32.9 Å². The van der Waals surface area contributed by atoms with Crippen LogP contribution < -0.4 is 10.9 Å². The Morgan fingerprint density at radius 1 is 1.39 bits per heavy atom. The molecule has 0 aliphatic carbocycles. The van der Waals surface area contributed by atoms with Crippen molar-refractivity contribution >= 4 is 11.8 Å². The Morgan fingerprint density at radius 3 is 2.91 bits per heavy atom.